The molecule has 0 saturated heterocycles. The summed E-state index contributed by atoms with van der Waals surface area (Å²) in [6, 6.07) is 21.1. The number of carbonyl (C=O) groups is 3. The number of para-hydroxylation sites is 1. The maximum Gasteiger partial charge on any atom is 0.302 e. The summed E-state index contributed by atoms with van der Waals surface area (Å²) in [4.78, 5) is 38.3. The van der Waals surface area contributed by atoms with Crippen molar-refractivity contribution in [3.05, 3.63) is 89.1 Å². The van der Waals surface area contributed by atoms with E-state index in [1.807, 2.05) is 72.9 Å². The van der Waals surface area contributed by atoms with Crippen molar-refractivity contribution in [1.82, 2.24) is 14.7 Å². The minimum atomic E-state index is -0.650. The first-order chi connectivity index (χ1) is 17.4. The van der Waals surface area contributed by atoms with Crippen molar-refractivity contribution < 1.29 is 19.1 Å². The Morgan fingerprint density at radius 3 is 2.36 bits per heavy atom. The van der Waals surface area contributed by atoms with Gasteiger partial charge in [0, 0.05) is 36.4 Å². The van der Waals surface area contributed by atoms with Crippen molar-refractivity contribution in [3.63, 3.8) is 0 Å². The molecule has 0 atom stereocenters. The fraction of sp³-hybridized carbons (Fsp3) is 0.179. The van der Waals surface area contributed by atoms with Crippen LogP contribution in [0.15, 0.2) is 83.6 Å². The standard InChI is InChI=1S/C28H24N4O4/c1-19-24(27(34)31(28(35)25(19)17-29)14-9-15-36-20(2)33)16-22-18-32(23-12-7-4-8-13-23)30-26(22)21-10-5-3-6-11-21/h3-8,10-13,16,18H,9,14-15H2,1-2H3. The van der Waals surface area contributed by atoms with Crippen molar-refractivity contribution in [2.24, 2.45) is 0 Å². The summed E-state index contributed by atoms with van der Waals surface area (Å²) in [6.45, 7) is 2.98. The van der Waals surface area contributed by atoms with Gasteiger partial charge >= 0.3 is 5.97 Å². The normalized spacial score (nSPS) is 14.8. The highest BCUT2D eigenvalue weighted by Gasteiger charge is 2.35. The molecule has 1 aromatic heterocycles. The number of esters is 1. The first kappa shape index (κ1) is 24.4. The Labute approximate surface area is 208 Å². The van der Waals surface area contributed by atoms with Gasteiger partial charge in [-0.1, -0.05) is 48.5 Å². The summed E-state index contributed by atoms with van der Waals surface area (Å²) in [6.07, 6.45) is 3.76. The number of nitrogens with zero attached hydrogens (tertiary/aromatic N) is 4. The average Bonchev–Trinajstić information content (AvgIpc) is 3.31. The number of rotatable bonds is 7. The van der Waals surface area contributed by atoms with E-state index >= 15 is 0 Å². The molecule has 1 aliphatic rings. The number of hydrogen-bond donors (Lipinski definition) is 0. The van der Waals surface area contributed by atoms with Crippen LogP contribution in [-0.2, 0) is 19.1 Å². The first-order valence-electron chi connectivity index (χ1n) is 11.4. The lowest BCUT2D eigenvalue weighted by Crippen LogP contribution is -2.43. The molecule has 2 heterocycles. The molecule has 180 valence electrons. The van der Waals surface area contributed by atoms with Gasteiger partial charge in [-0.2, -0.15) is 10.4 Å². The molecule has 0 unspecified atom stereocenters. The van der Waals surface area contributed by atoms with Gasteiger partial charge in [0.15, 0.2) is 0 Å². The van der Waals surface area contributed by atoms with Crippen molar-refractivity contribution in [2.75, 3.05) is 13.2 Å². The van der Waals surface area contributed by atoms with E-state index in [9.17, 15) is 19.6 Å². The molecule has 8 heteroatoms. The van der Waals surface area contributed by atoms with E-state index in [2.05, 4.69) is 0 Å². The first-order valence-corrected chi connectivity index (χ1v) is 11.4. The quantitative estimate of drug-likeness (QED) is 0.218. The highest BCUT2D eigenvalue weighted by molar-refractivity contribution is 6.19. The molecule has 0 spiro atoms. The predicted molar refractivity (Wildman–Crippen MR) is 133 cm³/mol. The second-order valence-electron chi connectivity index (χ2n) is 8.20. The molecule has 0 bridgehead atoms. The van der Waals surface area contributed by atoms with Crippen molar-refractivity contribution >= 4 is 23.9 Å². The van der Waals surface area contributed by atoms with E-state index < -0.39 is 17.8 Å². The maximum atomic E-state index is 13.4. The zero-order valence-electron chi connectivity index (χ0n) is 20.0. The van der Waals surface area contributed by atoms with Crippen LogP contribution < -0.4 is 0 Å². The van der Waals surface area contributed by atoms with E-state index in [4.69, 9.17) is 9.84 Å². The van der Waals surface area contributed by atoms with Gasteiger partial charge in [0.1, 0.15) is 11.6 Å². The van der Waals surface area contributed by atoms with Gasteiger partial charge in [0.2, 0.25) is 0 Å². The molecule has 2 aromatic carbocycles. The second-order valence-corrected chi connectivity index (χ2v) is 8.20. The minimum Gasteiger partial charge on any atom is -0.466 e. The molecular formula is C28H24N4O4. The van der Waals surface area contributed by atoms with Crippen LogP contribution in [0.5, 0.6) is 0 Å². The van der Waals surface area contributed by atoms with E-state index in [1.165, 1.54) is 6.92 Å². The van der Waals surface area contributed by atoms with Crippen LogP contribution in [0, 0.1) is 11.3 Å². The summed E-state index contributed by atoms with van der Waals surface area (Å²) in [7, 11) is 0. The second kappa shape index (κ2) is 10.7. The summed E-state index contributed by atoms with van der Waals surface area (Å²) >= 11 is 0. The topological polar surface area (TPSA) is 105 Å². The Morgan fingerprint density at radius 1 is 1.06 bits per heavy atom. The molecule has 0 aliphatic carbocycles. The van der Waals surface area contributed by atoms with Gasteiger partial charge in [0.05, 0.1) is 18.0 Å². The fourth-order valence-electron chi connectivity index (χ4n) is 3.95. The summed E-state index contributed by atoms with van der Waals surface area (Å²) in [5.41, 5.74) is 3.49. The summed E-state index contributed by atoms with van der Waals surface area (Å²) in [5, 5.41) is 14.4. The van der Waals surface area contributed by atoms with Crippen molar-refractivity contribution in [3.8, 4) is 23.0 Å². The summed E-state index contributed by atoms with van der Waals surface area (Å²) in [5.74, 6) is -1.60. The zero-order valence-corrected chi connectivity index (χ0v) is 20.0. The highest BCUT2D eigenvalue weighted by Crippen LogP contribution is 2.31. The molecule has 0 fully saturated rings. The molecule has 0 radical (unpaired) electrons. The van der Waals surface area contributed by atoms with E-state index in [-0.39, 0.29) is 30.7 Å². The van der Waals surface area contributed by atoms with Gasteiger partial charge in [-0.3, -0.25) is 19.3 Å². The lowest BCUT2D eigenvalue weighted by molar-refractivity contribution is -0.141. The molecule has 36 heavy (non-hydrogen) atoms. The number of ether oxygens (including phenoxy) is 1. The van der Waals surface area contributed by atoms with Crippen LogP contribution in [0.2, 0.25) is 0 Å². The van der Waals surface area contributed by atoms with Crippen LogP contribution >= 0.6 is 0 Å². The molecule has 1 aliphatic heterocycles. The number of hydrogen-bond acceptors (Lipinski definition) is 6. The van der Waals surface area contributed by atoms with Crippen LogP contribution in [0.4, 0.5) is 0 Å². The third-order valence-corrected chi connectivity index (χ3v) is 5.77. The van der Waals surface area contributed by atoms with Crippen LogP contribution in [0.3, 0.4) is 0 Å². The highest BCUT2D eigenvalue weighted by atomic mass is 16.5. The fourth-order valence-corrected chi connectivity index (χ4v) is 3.95. The smallest absolute Gasteiger partial charge is 0.302 e. The van der Waals surface area contributed by atoms with Gasteiger partial charge in [-0.05, 0) is 37.1 Å². The minimum absolute atomic E-state index is 0.0234. The van der Waals surface area contributed by atoms with E-state index in [1.54, 1.807) is 17.7 Å². The van der Waals surface area contributed by atoms with Gasteiger partial charge in [-0.25, -0.2) is 4.68 Å². The lowest BCUT2D eigenvalue weighted by atomic mass is 9.93. The molecule has 8 nitrogen and oxygen atoms in total. The number of nitriles is 1. The third-order valence-electron chi connectivity index (χ3n) is 5.77. The van der Waals surface area contributed by atoms with Crippen LogP contribution in [0.1, 0.15) is 25.8 Å². The lowest BCUT2D eigenvalue weighted by Gasteiger charge is -2.27. The SMILES string of the molecule is CC(=O)OCCCN1C(=O)C(=Cc2cn(-c3ccccc3)nc2-c2ccccc2)C(C)=C(C#N)C1=O. The molecule has 4 rings (SSSR count). The van der Waals surface area contributed by atoms with Crippen molar-refractivity contribution in [2.45, 2.75) is 20.3 Å². The zero-order chi connectivity index (χ0) is 25.7. The van der Waals surface area contributed by atoms with E-state index in [0.29, 0.717) is 16.8 Å². The molecule has 0 saturated carbocycles. The molecule has 0 N–H and O–H groups in total. The number of carbonyl (C=O) groups excluding carboxylic acids is 3. The Bertz CT molecular complexity index is 1410. The average molecular weight is 481 g/mol. The van der Waals surface area contributed by atoms with Crippen molar-refractivity contribution in [1.29, 1.82) is 5.26 Å². The maximum absolute atomic E-state index is 13.4. The Morgan fingerprint density at radius 2 is 1.72 bits per heavy atom. The van der Waals surface area contributed by atoms with Gasteiger partial charge in [-0.15, -0.1) is 0 Å². The van der Waals surface area contributed by atoms with Crippen LogP contribution in [-0.4, -0.2) is 45.6 Å². The monoisotopic (exact) mass is 480 g/mol. The predicted octanol–water partition coefficient (Wildman–Crippen LogP) is 4.08. The van der Waals surface area contributed by atoms with Gasteiger partial charge < -0.3 is 4.74 Å². The van der Waals surface area contributed by atoms with Gasteiger partial charge in [0.25, 0.3) is 11.8 Å². The Hall–Kier alpha value is -4.77. The molecular weight excluding hydrogens is 456 g/mol. The Balaban J connectivity index is 1.78. The number of amides is 2. The number of aromatic nitrogens is 2. The number of imide groups is 1. The molecule has 3 aromatic rings. The van der Waals surface area contributed by atoms with Crippen LogP contribution in [0.25, 0.3) is 23.0 Å². The van der Waals surface area contributed by atoms with E-state index in [0.717, 1.165) is 16.2 Å². The molecule has 2 amide bonds. The number of benzene rings is 2. The third kappa shape index (κ3) is 5.00. The Kier molecular flexibility index (Phi) is 7.21. The summed E-state index contributed by atoms with van der Waals surface area (Å²) < 4.78 is 6.65. The largest absolute Gasteiger partial charge is 0.466 e.